The summed E-state index contributed by atoms with van der Waals surface area (Å²) in [4.78, 5) is 15.5. The Kier molecular flexibility index (Phi) is 2.73. The highest BCUT2D eigenvalue weighted by Gasteiger charge is 2.29. The van der Waals surface area contributed by atoms with E-state index in [0.717, 1.165) is 18.5 Å². The second-order valence-corrected chi connectivity index (χ2v) is 4.05. The summed E-state index contributed by atoms with van der Waals surface area (Å²) in [5, 5.41) is 2.58. The number of nitrogens with zero attached hydrogens (tertiary/aromatic N) is 1. The Morgan fingerprint density at radius 2 is 2.53 bits per heavy atom. The molecule has 0 aromatic carbocycles. The first-order chi connectivity index (χ1) is 7.15. The average molecular weight is 209 g/mol. The second kappa shape index (κ2) is 4.02. The van der Waals surface area contributed by atoms with E-state index in [2.05, 4.69) is 10.3 Å². The number of nitrogens with one attached hydrogen (secondary N) is 1. The minimum atomic E-state index is -0.128. The summed E-state index contributed by atoms with van der Waals surface area (Å²) >= 11 is 0. The van der Waals surface area contributed by atoms with Gasteiger partial charge < -0.3 is 10.2 Å². The molecule has 0 bridgehead atoms. The highest BCUT2D eigenvalue weighted by Crippen LogP contribution is 2.32. The van der Waals surface area contributed by atoms with Gasteiger partial charge in [-0.15, -0.1) is 0 Å². The highest BCUT2D eigenvalue weighted by atomic mass is 16.4. The Labute approximate surface area is 88.0 Å². The largest absolute Gasteiger partial charge is 0.432 e. The van der Waals surface area contributed by atoms with Crippen molar-refractivity contribution < 1.29 is 9.21 Å². The lowest BCUT2D eigenvalue weighted by atomic mass is 10.1. The third kappa shape index (κ3) is 2.79. The molecule has 2 rings (SSSR count). The lowest BCUT2D eigenvalue weighted by Gasteiger charge is -2.08. The van der Waals surface area contributed by atoms with Crippen LogP contribution in [0.25, 0.3) is 0 Å². The van der Waals surface area contributed by atoms with Crippen molar-refractivity contribution in [2.24, 2.45) is 11.7 Å². The summed E-state index contributed by atoms with van der Waals surface area (Å²) in [6.07, 6.45) is 4.13. The molecule has 1 aliphatic carbocycles. The van der Waals surface area contributed by atoms with Crippen LogP contribution in [0.15, 0.2) is 10.7 Å². The topological polar surface area (TPSA) is 81.2 Å². The van der Waals surface area contributed by atoms with E-state index >= 15 is 0 Å². The molecule has 0 aliphatic heterocycles. The van der Waals surface area contributed by atoms with E-state index in [0.29, 0.717) is 12.3 Å². The number of rotatable bonds is 4. The number of nitrogens with two attached hydrogens (primary N) is 1. The van der Waals surface area contributed by atoms with Crippen LogP contribution in [0.1, 0.15) is 25.0 Å². The maximum absolute atomic E-state index is 11.5. The van der Waals surface area contributed by atoms with Crippen LogP contribution in [0.4, 0.5) is 6.01 Å². The first-order valence-corrected chi connectivity index (χ1v) is 5.12. The van der Waals surface area contributed by atoms with E-state index in [1.54, 1.807) is 6.92 Å². The number of hydrogen-bond acceptors (Lipinski definition) is 4. The van der Waals surface area contributed by atoms with Gasteiger partial charge in [0.05, 0.1) is 5.69 Å². The van der Waals surface area contributed by atoms with Crippen molar-refractivity contribution in [3.05, 3.63) is 12.0 Å². The number of hydrogen-bond donors (Lipinski definition) is 2. The molecule has 3 N–H and O–H groups in total. The molecule has 1 aromatic rings. The van der Waals surface area contributed by atoms with Crippen molar-refractivity contribution in [2.75, 3.05) is 5.32 Å². The SMILES string of the molecule is Cc1coc(NC(=O)CC(N)C2CC2)n1. The zero-order valence-corrected chi connectivity index (χ0v) is 8.69. The Morgan fingerprint density at radius 1 is 1.80 bits per heavy atom. The van der Waals surface area contributed by atoms with Crippen LogP contribution < -0.4 is 11.1 Å². The van der Waals surface area contributed by atoms with Crippen LogP contribution in [0.2, 0.25) is 0 Å². The molecule has 1 saturated carbocycles. The van der Waals surface area contributed by atoms with E-state index in [4.69, 9.17) is 10.2 Å². The van der Waals surface area contributed by atoms with Gasteiger partial charge in [0.25, 0.3) is 0 Å². The summed E-state index contributed by atoms with van der Waals surface area (Å²) in [6.45, 7) is 1.80. The fraction of sp³-hybridized carbons (Fsp3) is 0.600. The van der Waals surface area contributed by atoms with E-state index < -0.39 is 0 Å². The molecular weight excluding hydrogens is 194 g/mol. The number of anilines is 1. The Morgan fingerprint density at radius 3 is 3.07 bits per heavy atom. The number of aryl methyl sites for hydroxylation is 1. The molecule has 1 unspecified atom stereocenters. The molecule has 1 heterocycles. The quantitative estimate of drug-likeness (QED) is 0.776. The van der Waals surface area contributed by atoms with Crippen LogP contribution in [0.3, 0.4) is 0 Å². The van der Waals surface area contributed by atoms with Crippen molar-refractivity contribution in [2.45, 2.75) is 32.2 Å². The zero-order chi connectivity index (χ0) is 10.8. The van der Waals surface area contributed by atoms with E-state index in [1.165, 1.54) is 6.26 Å². The first-order valence-electron chi connectivity index (χ1n) is 5.12. The van der Waals surface area contributed by atoms with E-state index in [-0.39, 0.29) is 18.0 Å². The fourth-order valence-electron chi connectivity index (χ4n) is 1.49. The van der Waals surface area contributed by atoms with Gasteiger partial charge in [-0.2, -0.15) is 4.98 Å². The Bertz CT molecular complexity index is 357. The molecular formula is C10H15N3O2. The molecule has 1 aromatic heterocycles. The lowest BCUT2D eigenvalue weighted by molar-refractivity contribution is -0.116. The van der Waals surface area contributed by atoms with Gasteiger partial charge in [0.1, 0.15) is 6.26 Å². The predicted molar refractivity (Wildman–Crippen MR) is 55.2 cm³/mol. The van der Waals surface area contributed by atoms with Gasteiger partial charge in [-0.1, -0.05) is 0 Å². The van der Waals surface area contributed by atoms with Crippen LogP contribution in [0.5, 0.6) is 0 Å². The summed E-state index contributed by atoms with van der Waals surface area (Å²) < 4.78 is 5.01. The molecule has 1 fully saturated rings. The van der Waals surface area contributed by atoms with Gasteiger partial charge in [0.2, 0.25) is 5.91 Å². The van der Waals surface area contributed by atoms with Gasteiger partial charge in [0.15, 0.2) is 0 Å². The third-order valence-electron chi connectivity index (χ3n) is 2.51. The Balaban J connectivity index is 1.81. The maximum Gasteiger partial charge on any atom is 0.301 e. The lowest BCUT2D eigenvalue weighted by Crippen LogP contribution is -2.28. The summed E-state index contributed by atoms with van der Waals surface area (Å²) in [5.41, 5.74) is 6.57. The van der Waals surface area contributed by atoms with Crippen LogP contribution in [-0.2, 0) is 4.79 Å². The van der Waals surface area contributed by atoms with Crippen LogP contribution in [-0.4, -0.2) is 16.9 Å². The van der Waals surface area contributed by atoms with Gasteiger partial charge in [-0.3, -0.25) is 10.1 Å². The van der Waals surface area contributed by atoms with Gasteiger partial charge in [-0.05, 0) is 25.7 Å². The maximum atomic E-state index is 11.5. The van der Waals surface area contributed by atoms with Crippen LogP contribution >= 0.6 is 0 Å². The number of oxazole rings is 1. The molecule has 1 amide bonds. The summed E-state index contributed by atoms with van der Waals surface area (Å²) in [6, 6.07) is 0.224. The van der Waals surface area contributed by atoms with Crippen molar-refractivity contribution >= 4 is 11.9 Å². The van der Waals surface area contributed by atoms with Crippen molar-refractivity contribution in [1.82, 2.24) is 4.98 Å². The molecule has 82 valence electrons. The molecule has 5 heteroatoms. The zero-order valence-electron chi connectivity index (χ0n) is 8.69. The number of amides is 1. The van der Waals surface area contributed by atoms with Crippen molar-refractivity contribution in [3.63, 3.8) is 0 Å². The molecule has 0 saturated heterocycles. The normalized spacial score (nSPS) is 17.5. The number of carbonyl (C=O) groups excluding carboxylic acids is 1. The summed E-state index contributed by atoms with van der Waals surface area (Å²) in [7, 11) is 0. The highest BCUT2D eigenvalue weighted by molar-refractivity contribution is 5.89. The smallest absolute Gasteiger partial charge is 0.301 e. The standard InChI is InChI=1S/C10H15N3O2/c1-6-5-15-10(12-6)13-9(14)4-8(11)7-2-3-7/h5,7-8H,2-4,11H2,1H3,(H,12,13,14). The first kappa shape index (κ1) is 10.2. The summed E-state index contributed by atoms with van der Waals surface area (Å²) in [5.74, 6) is 0.401. The number of aromatic nitrogens is 1. The predicted octanol–water partition coefficient (Wildman–Crippen LogP) is 1.05. The van der Waals surface area contributed by atoms with E-state index in [9.17, 15) is 4.79 Å². The van der Waals surface area contributed by atoms with Crippen molar-refractivity contribution in [3.8, 4) is 0 Å². The molecule has 0 spiro atoms. The average Bonchev–Trinajstić information content (AvgIpc) is 2.92. The van der Waals surface area contributed by atoms with Gasteiger partial charge in [-0.25, -0.2) is 0 Å². The van der Waals surface area contributed by atoms with Crippen LogP contribution in [0, 0.1) is 12.8 Å². The Hall–Kier alpha value is -1.36. The third-order valence-corrected chi connectivity index (χ3v) is 2.51. The number of carbonyl (C=O) groups is 1. The molecule has 0 radical (unpaired) electrons. The molecule has 15 heavy (non-hydrogen) atoms. The van der Waals surface area contributed by atoms with Crippen molar-refractivity contribution in [1.29, 1.82) is 0 Å². The van der Waals surface area contributed by atoms with Gasteiger partial charge >= 0.3 is 6.01 Å². The molecule has 5 nitrogen and oxygen atoms in total. The molecule has 1 aliphatic rings. The van der Waals surface area contributed by atoms with E-state index in [1.807, 2.05) is 0 Å². The second-order valence-electron chi connectivity index (χ2n) is 4.05. The minimum Gasteiger partial charge on any atom is -0.432 e. The molecule has 1 atom stereocenters. The monoisotopic (exact) mass is 209 g/mol. The van der Waals surface area contributed by atoms with Gasteiger partial charge in [0, 0.05) is 12.5 Å². The fourth-order valence-corrected chi connectivity index (χ4v) is 1.49. The minimum absolute atomic E-state index is 0.0268.